The van der Waals surface area contributed by atoms with Gasteiger partial charge in [0.25, 0.3) is 0 Å². The first-order valence-corrected chi connectivity index (χ1v) is 6.65. The zero-order chi connectivity index (χ0) is 11.8. The van der Waals surface area contributed by atoms with Crippen LogP contribution in [0.2, 0.25) is 0 Å². The van der Waals surface area contributed by atoms with Crippen molar-refractivity contribution in [3.05, 3.63) is 0 Å². The molecule has 1 saturated heterocycles. The lowest BCUT2D eigenvalue weighted by Crippen LogP contribution is -2.39. The van der Waals surface area contributed by atoms with Crippen molar-refractivity contribution in [3.63, 3.8) is 0 Å². The Morgan fingerprint density at radius 1 is 1.44 bits per heavy atom. The molecule has 0 aromatic carbocycles. The van der Waals surface area contributed by atoms with E-state index in [2.05, 4.69) is 18.7 Å². The summed E-state index contributed by atoms with van der Waals surface area (Å²) in [5.41, 5.74) is 5.93. The molecular formula is C13H25N3. The Morgan fingerprint density at radius 2 is 2.12 bits per heavy atom. The van der Waals surface area contributed by atoms with Crippen molar-refractivity contribution < 1.29 is 0 Å². The summed E-state index contributed by atoms with van der Waals surface area (Å²) in [5, 5.41) is 7.47. The molecule has 2 unspecified atom stereocenters. The molecule has 0 bridgehead atoms. The smallest absolute Gasteiger partial charge is 0.0911 e. The fourth-order valence-electron chi connectivity index (χ4n) is 3.21. The zero-order valence-corrected chi connectivity index (χ0v) is 10.6. The van der Waals surface area contributed by atoms with Crippen LogP contribution in [0.3, 0.4) is 0 Å². The molecule has 2 rings (SSSR count). The molecule has 2 atom stereocenters. The quantitative estimate of drug-likeness (QED) is 0.555. The molecule has 1 aliphatic heterocycles. The van der Waals surface area contributed by atoms with Gasteiger partial charge in [0.05, 0.1) is 5.84 Å². The average Bonchev–Trinajstić information content (AvgIpc) is 2.86. The summed E-state index contributed by atoms with van der Waals surface area (Å²) in [6.45, 7) is 5.81. The van der Waals surface area contributed by atoms with E-state index in [0.717, 1.165) is 18.5 Å². The van der Waals surface area contributed by atoms with Crippen LogP contribution < -0.4 is 5.73 Å². The lowest BCUT2D eigenvalue weighted by atomic mass is 10.00. The van der Waals surface area contributed by atoms with Crippen molar-refractivity contribution in [2.45, 2.75) is 64.5 Å². The summed E-state index contributed by atoms with van der Waals surface area (Å²) in [7, 11) is 0. The van der Waals surface area contributed by atoms with Crippen LogP contribution in [0.25, 0.3) is 0 Å². The molecule has 3 nitrogen and oxygen atoms in total. The van der Waals surface area contributed by atoms with Gasteiger partial charge in [0.1, 0.15) is 0 Å². The summed E-state index contributed by atoms with van der Waals surface area (Å²) in [6, 6.07) is 1.51. The molecular weight excluding hydrogens is 198 g/mol. The number of likely N-dealkylation sites (tertiary alicyclic amines) is 1. The van der Waals surface area contributed by atoms with Crippen molar-refractivity contribution in [2.24, 2.45) is 11.1 Å². The van der Waals surface area contributed by atoms with E-state index in [9.17, 15) is 0 Å². The van der Waals surface area contributed by atoms with Gasteiger partial charge in [-0.3, -0.25) is 10.3 Å². The number of hydrogen-bond donors (Lipinski definition) is 2. The molecule has 0 amide bonds. The Morgan fingerprint density at radius 3 is 2.62 bits per heavy atom. The summed E-state index contributed by atoms with van der Waals surface area (Å²) in [4.78, 5) is 2.68. The molecule has 92 valence electrons. The molecule has 3 heteroatoms. The summed E-state index contributed by atoms with van der Waals surface area (Å²) >= 11 is 0. The first kappa shape index (κ1) is 11.9. The van der Waals surface area contributed by atoms with Crippen LogP contribution in [0, 0.1) is 10.8 Å². The number of rotatable bonds is 5. The van der Waals surface area contributed by atoms with Crippen LogP contribution in [0.1, 0.15) is 52.4 Å². The number of nitrogens with one attached hydrogen (secondary N) is 1. The number of amidine groups is 1. The van der Waals surface area contributed by atoms with Crippen molar-refractivity contribution in [3.8, 4) is 0 Å². The minimum Gasteiger partial charge on any atom is -0.388 e. The van der Waals surface area contributed by atoms with E-state index in [0.29, 0.717) is 11.3 Å². The van der Waals surface area contributed by atoms with Crippen LogP contribution in [-0.2, 0) is 0 Å². The molecule has 2 fully saturated rings. The van der Waals surface area contributed by atoms with Crippen LogP contribution in [0.5, 0.6) is 0 Å². The summed E-state index contributed by atoms with van der Waals surface area (Å²) in [5.74, 6) is 0.373. The maximum Gasteiger partial charge on any atom is 0.0911 e. The van der Waals surface area contributed by atoms with Gasteiger partial charge >= 0.3 is 0 Å². The lowest BCUT2D eigenvalue weighted by molar-refractivity contribution is 0.160. The number of nitrogens with zero attached hydrogens (tertiary/aromatic N) is 1. The largest absolute Gasteiger partial charge is 0.388 e. The van der Waals surface area contributed by atoms with Gasteiger partial charge in [-0.25, -0.2) is 0 Å². The summed E-state index contributed by atoms with van der Waals surface area (Å²) < 4.78 is 0. The van der Waals surface area contributed by atoms with Gasteiger partial charge in [0, 0.05) is 25.0 Å². The Labute approximate surface area is 98.9 Å². The van der Waals surface area contributed by atoms with Crippen molar-refractivity contribution in [1.82, 2.24) is 4.90 Å². The monoisotopic (exact) mass is 223 g/mol. The predicted octanol–water partition coefficient (Wildman–Crippen LogP) is 2.36. The Bertz CT molecular complexity index is 270. The second-order valence-electron chi connectivity index (χ2n) is 5.86. The van der Waals surface area contributed by atoms with E-state index in [1.165, 1.54) is 38.6 Å². The van der Waals surface area contributed by atoms with Gasteiger partial charge in [-0.05, 0) is 44.4 Å². The predicted molar refractivity (Wildman–Crippen MR) is 67.7 cm³/mol. The van der Waals surface area contributed by atoms with Crippen LogP contribution in [0.4, 0.5) is 0 Å². The fraction of sp³-hybridized carbons (Fsp3) is 0.923. The number of nitrogens with two attached hydrogens (primary N) is 1. The van der Waals surface area contributed by atoms with Gasteiger partial charge < -0.3 is 5.73 Å². The highest BCUT2D eigenvalue weighted by molar-refractivity contribution is 5.78. The van der Waals surface area contributed by atoms with Gasteiger partial charge in [-0.15, -0.1) is 0 Å². The van der Waals surface area contributed by atoms with E-state index in [1.807, 2.05) is 0 Å². The van der Waals surface area contributed by atoms with Gasteiger partial charge in [0.15, 0.2) is 0 Å². The molecule has 0 aromatic heterocycles. The van der Waals surface area contributed by atoms with E-state index >= 15 is 0 Å². The van der Waals surface area contributed by atoms with Crippen molar-refractivity contribution in [2.75, 3.05) is 6.54 Å². The molecule has 2 aliphatic rings. The Hall–Kier alpha value is -0.570. The van der Waals surface area contributed by atoms with E-state index in [4.69, 9.17) is 11.1 Å². The number of hydrogen-bond acceptors (Lipinski definition) is 2. The maximum atomic E-state index is 7.47. The third-order valence-corrected chi connectivity index (χ3v) is 4.46. The lowest BCUT2D eigenvalue weighted by Gasteiger charge is -2.31. The first-order chi connectivity index (χ1) is 7.56. The highest BCUT2D eigenvalue weighted by Gasteiger charge is 2.46. The highest BCUT2D eigenvalue weighted by atomic mass is 15.2. The van der Waals surface area contributed by atoms with E-state index < -0.39 is 0 Å². The van der Waals surface area contributed by atoms with Crippen molar-refractivity contribution >= 4 is 5.84 Å². The molecule has 0 aromatic rings. The Kier molecular flexibility index (Phi) is 3.24. The zero-order valence-electron chi connectivity index (χ0n) is 10.6. The minimum absolute atomic E-state index is 0.373. The third-order valence-electron chi connectivity index (χ3n) is 4.46. The average molecular weight is 223 g/mol. The van der Waals surface area contributed by atoms with Crippen LogP contribution >= 0.6 is 0 Å². The first-order valence-electron chi connectivity index (χ1n) is 6.65. The fourth-order valence-corrected chi connectivity index (χ4v) is 3.21. The standard InChI is InChI=1S/C13H25N3/c1-3-11-5-4-10(2)16(11)9-13(6-7-13)8-12(14)15/h10-11H,3-9H2,1-2H3,(H3,14,15). The Balaban J connectivity index is 1.95. The van der Waals surface area contributed by atoms with Gasteiger partial charge in [-0.1, -0.05) is 6.92 Å². The summed E-state index contributed by atoms with van der Waals surface area (Å²) in [6.07, 6.45) is 7.31. The topological polar surface area (TPSA) is 53.1 Å². The molecule has 1 aliphatic carbocycles. The minimum atomic E-state index is 0.373. The normalized spacial score (nSPS) is 32.9. The van der Waals surface area contributed by atoms with E-state index in [1.54, 1.807) is 0 Å². The SMILES string of the molecule is CCC1CCC(C)N1CC1(CC(=N)N)CC1. The molecule has 0 spiro atoms. The van der Waals surface area contributed by atoms with Gasteiger partial charge in [0.2, 0.25) is 0 Å². The second kappa shape index (κ2) is 4.36. The van der Waals surface area contributed by atoms with E-state index in [-0.39, 0.29) is 0 Å². The third kappa shape index (κ3) is 2.40. The second-order valence-corrected chi connectivity index (χ2v) is 5.86. The molecule has 0 radical (unpaired) electrons. The van der Waals surface area contributed by atoms with Crippen molar-refractivity contribution in [1.29, 1.82) is 5.41 Å². The molecule has 3 N–H and O–H groups in total. The molecule has 1 heterocycles. The highest BCUT2D eigenvalue weighted by Crippen LogP contribution is 2.50. The molecule has 16 heavy (non-hydrogen) atoms. The molecule has 1 saturated carbocycles. The van der Waals surface area contributed by atoms with Crippen LogP contribution in [-0.4, -0.2) is 29.4 Å². The maximum absolute atomic E-state index is 7.47. The van der Waals surface area contributed by atoms with Crippen LogP contribution in [0.15, 0.2) is 0 Å². The van der Waals surface area contributed by atoms with Gasteiger partial charge in [-0.2, -0.15) is 0 Å².